The van der Waals surface area contributed by atoms with Gasteiger partial charge < -0.3 is 55.1 Å². The summed E-state index contributed by atoms with van der Waals surface area (Å²) in [5.41, 5.74) is 5.53. The smallest absolute Gasteiger partial charge is 0.268 e. The lowest BCUT2D eigenvalue weighted by Gasteiger charge is -2.22. The Morgan fingerprint density at radius 3 is 2.20 bits per heavy atom. The van der Waals surface area contributed by atoms with E-state index >= 15 is 0 Å². The molecule has 2 saturated heterocycles. The van der Waals surface area contributed by atoms with Crippen molar-refractivity contribution in [2.45, 2.75) is 76.2 Å². The van der Waals surface area contributed by atoms with Gasteiger partial charge in [-0.15, -0.1) is 5.10 Å². The minimum atomic E-state index is -3.18. The van der Waals surface area contributed by atoms with E-state index in [0.717, 1.165) is 32.7 Å². The van der Waals surface area contributed by atoms with Crippen molar-refractivity contribution < 1.29 is 61.6 Å². The van der Waals surface area contributed by atoms with Gasteiger partial charge in [0, 0.05) is 75.5 Å². The minimum absolute atomic E-state index is 0.0303. The number of likely N-dealkylation sites (tertiary alicyclic amines) is 1. The molecule has 0 unspecified atom stereocenters. The molecule has 21 nitrogen and oxygen atoms in total. The van der Waals surface area contributed by atoms with Crippen LogP contribution in [0.1, 0.15) is 64.7 Å². The maximum atomic E-state index is 14.0. The van der Waals surface area contributed by atoms with Gasteiger partial charge in [-0.3, -0.25) is 28.8 Å². The standard InChI is InChI=1S/C52H62F2N10O11/c53-52(54)28-41(29-55)64(34-52)51(71)44-26-40(50(70)59-44)27-48(68)62-30-38-2-1-3-39(43(38)32-62)31-63-33-45(60-61-63)36-7-9-37(10-8-36)49(69)58-16-15-56-47(67)14-18-72-20-22-74-24-25-75-23-21-73-19-17-57-46(66)13-6-35-4-11-42(65)12-5-35/h1-5,7-12,33,40-41,44,65H,6,13-28,30-32,34H2,(H,56,67)(H,57,66)(H,58,69)(H,59,70)/t40-,41-,44-/m0/s1. The highest BCUT2D eigenvalue weighted by Gasteiger charge is 2.50. The summed E-state index contributed by atoms with van der Waals surface area (Å²) in [4.78, 5) is 78.8. The lowest BCUT2D eigenvalue weighted by molar-refractivity contribution is -0.135. The number of hydrogen-bond acceptors (Lipinski definition) is 14. The fourth-order valence-corrected chi connectivity index (χ4v) is 8.84. The fourth-order valence-electron chi connectivity index (χ4n) is 8.84. The molecule has 0 aliphatic carbocycles. The van der Waals surface area contributed by atoms with Gasteiger partial charge in [0.25, 0.3) is 11.8 Å². The van der Waals surface area contributed by atoms with Crippen LogP contribution in [-0.4, -0.2) is 162 Å². The van der Waals surface area contributed by atoms with E-state index in [1.807, 2.05) is 18.2 Å². The van der Waals surface area contributed by atoms with E-state index in [0.29, 0.717) is 96.5 Å². The number of hydrogen-bond donors (Lipinski definition) is 5. The summed E-state index contributed by atoms with van der Waals surface area (Å²) in [5.74, 6) is -5.93. The second-order valence-corrected chi connectivity index (χ2v) is 18.4. The van der Waals surface area contributed by atoms with Gasteiger partial charge in [0.05, 0.1) is 78.2 Å². The molecule has 4 aromatic rings. The Balaban J connectivity index is 0.703. The first-order valence-corrected chi connectivity index (χ1v) is 24.9. The number of rotatable bonds is 28. The fraction of sp³-hybridized carbons (Fsp3) is 0.481. The van der Waals surface area contributed by atoms with Gasteiger partial charge in [-0.05, 0) is 59.4 Å². The zero-order valence-electron chi connectivity index (χ0n) is 41.5. The second kappa shape index (κ2) is 27.2. The summed E-state index contributed by atoms with van der Waals surface area (Å²) in [6.45, 7) is 3.75. The zero-order chi connectivity index (χ0) is 53.2. The third-order valence-electron chi connectivity index (χ3n) is 12.8. The number of benzene rings is 3. The largest absolute Gasteiger partial charge is 0.508 e. The van der Waals surface area contributed by atoms with Gasteiger partial charge in [-0.2, -0.15) is 5.26 Å². The van der Waals surface area contributed by atoms with Crippen LogP contribution in [0.2, 0.25) is 0 Å². The number of phenols is 1. The molecular weight excluding hydrogens is 979 g/mol. The molecule has 0 saturated carbocycles. The first-order chi connectivity index (χ1) is 36.2. The topological polar surface area (TPSA) is 269 Å². The molecule has 0 radical (unpaired) electrons. The quantitative estimate of drug-likeness (QED) is 0.0511. The summed E-state index contributed by atoms with van der Waals surface area (Å²) in [7, 11) is 0. The highest BCUT2D eigenvalue weighted by atomic mass is 19.3. The van der Waals surface area contributed by atoms with Gasteiger partial charge in [-0.25, -0.2) is 13.5 Å². The van der Waals surface area contributed by atoms with Crippen molar-refractivity contribution >= 4 is 35.4 Å². The predicted octanol–water partition coefficient (Wildman–Crippen LogP) is 2.25. The second-order valence-electron chi connectivity index (χ2n) is 18.4. The minimum Gasteiger partial charge on any atom is -0.508 e. The predicted molar refractivity (Wildman–Crippen MR) is 263 cm³/mol. The van der Waals surface area contributed by atoms with Gasteiger partial charge in [0.15, 0.2) is 0 Å². The normalized spacial score (nSPS) is 17.6. The lowest BCUT2D eigenvalue weighted by atomic mass is 9.99. The molecule has 2 fully saturated rings. The van der Waals surface area contributed by atoms with Gasteiger partial charge in [-0.1, -0.05) is 47.7 Å². The molecule has 0 bridgehead atoms. The van der Waals surface area contributed by atoms with Crippen LogP contribution in [0.4, 0.5) is 8.78 Å². The number of aromatic hydroxyl groups is 1. The summed E-state index contributed by atoms with van der Waals surface area (Å²) in [5, 5.41) is 38.2. The molecule has 3 atom stereocenters. The Morgan fingerprint density at radius 2 is 1.48 bits per heavy atom. The SMILES string of the molecule is N#C[C@@H]1CC(F)(F)CN1C(=O)[C@@H]1C[C@@H](CC(=O)N2Cc3cccc(Cn4cc(-c5ccc(C(=O)NCCNC(=O)CCOCCOCCOCCOCCNC(=O)CCc6ccc(O)cc6)cc5)nn4)c3C2)C(=O)N1. The van der Waals surface area contributed by atoms with E-state index in [9.17, 15) is 47.9 Å². The number of amides is 6. The molecule has 5 N–H and O–H groups in total. The van der Waals surface area contributed by atoms with E-state index in [4.69, 9.17) is 18.9 Å². The zero-order valence-corrected chi connectivity index (χ0v) is 41.5. The van der Waals surface area contributed by atoms with Crippen molar-refractivity contribution in [1.82, 2.24) is 46.1 Å². The number of nitrogens with zero attached hydrogens (tertiary/aromatic N) is 6. The number of carbonyl (C=O) groups excluding carboxylic acids is 6. The highest BCUT2D eigenvalue weighted by Crippen LogP contribution is 2.34. The molecule has 7 rings (SSSR count). The Kier molecular flexibility index (Phi) is 20.1. The first-order valence-electron chi connectivity index (χ1n) is 24.9. The number of alkyl halides is 2. The molecule has 23 heteroatoms. The van der Waals surface area contributed by atoms with Crippen molar-refractivity contribution in [1.29, 1.82) is 5.26 Å². The third kappa shape index (κ3) is 16.6. The molecule has 1 aromatic heterocycles. The molecule has 400 valence electrons. The maximum Gasteiger partial charge on any atom is 0.268 e. The molecule has 3 aliphatic rings. The number of nitrogens with one attached hydrogen (secondary N) is 4. The number of ether oxygens (including phenoxy) is 4. The van der Waals surface area contributed by atoms with Crippen LogP contribution in [0, 0.1) is 17.2 Å². The Morgan fingerprint density at radius 1 is 0.813 bits per heavy atom. The van der Waals surface area contributed by atoms with Crippen LogP contribution in [-0.2, 0) is 69.0 Å². The highest BCUT2D eigenvalue weighted by molar-refractivity contribution is 5.95. The average Bonchev–Trinajstić information content (AvgIpc) is 4.22. The van der Waals surface area contributed by atoms with Crippen LogP contribution in [0.3, 0.4) is 0 Å². The number of aromatic nitrogens is 3. The Bertz CT molecular complexity index is 2650. The van der Waals surface area contributed by atoms with E-state index in [1.54, 1.807) is 70.4 Å². The Hall–Kier alpha value is -7.39. The number of carbonyl (C=O) groups is 6. The molecular formula is C52H62F2N10O11. The molecule has 75 heavy (non-hydrogen) atoms. The monoisotopic (exact) mass is 1040 g/mol. The van der Waals surface area contributed by atoms with E-state index in [-0.39, 0.29) is 68.3 Å². The number of aryl methyl sites for hydroxylation is 1. The van der Waals surface area contributed by atoms with Crippen LogP contribution in [0.25, 0.3) is 11.3 Å². The van der Waals surface area contributed by atoms with Crippen molar-refractivity contribution in [2.75, 3.05) is 79.0 Å². The summed E-state index contributed by atoms with van der Waals surface area (Å²) >= 11 is 0. The van der Waals surface area contributed by atoms with E-state index in [1.165, 1.54) is 0 Å². The van der Waals surface area contributed by atoms with E-state index in [2.05, 4.69) is 31.6 Å². The average molecular weight is 1040 g/mol. The third-order valence-corrected chi connectivity index (χ3v) is 12.8. The van der Waals surface area contributed by atoms with Crippen molar-refractivity contribution in [3.05, 3.63) is 101 Å². The molecule has 3 aliphatic heterocycles. The van der Waals surface area contributed by atoms with Gasteiger partial charge >= 0.3 is 0 Å². The number of nitriles is 1. The van der Waals surface area contributed by atoms with Crippen LogP contribution < -0.4 is 21.3 Å². The summed E-state index contributed by atoms with van der Waals surface area (Å²) in [6, 6.07) is 18.8. The van der Waals surface area contributed by atoms with Crippen molar-refractivity contribution in [2.24, 2.45) is 5.92 Å². The van der Waals surface area contributed by atoms with E-state index < -0.39 is 48.7 Å². The molecule has 3 aromatic carbocycles. The van der Waals surface area contributed by atoms with Crippen LogP contribution in [0.5, 0.6) is 5.75 Å². The summed E-state index contributed by atoms with van der Waals surface area (Å²) < 4.78 is 51.5. The molecule has 6 amide bonds. The molecule has 0 spiro atoms. The number of phenolic OH excluding ortho intramolecular Hbond substituents is 1. The number of halogens is 2. The van der Waals surface area contributed by atoms with Gasteiger partial charge in [0.2, 0.25) is 29.5 Å². The lowest BCUT2D eigenvalue weighted by Crippen LogP contribution is -2.46. The first kappa shape index (κ1) is 55.4. The van der Waals surface area contributed by atoms with Crippen LogP contribution in [0.15, 0.2) is 72.9 Å². The Labute approximate surface area is 432 Å². The summed E-state index contributed by atoms with van der Waals surface area (Å²) in [6.07, 6.45) is 1.93. The number of fused-ring (bicyclic) bond motifs is 1. The van der Waals surface area contributed by atoms with Gasteiger partial charge in [0.1, 0.15) is 23.5 Å². The maximum absolute atomic E-state index is 14.0. The van der Waals surface area contributed by atoms with Crippen molar-refractivity contribution in [3.63, 3.8) is 0 Å². The van der Waals surface area contributed by atoms with Crippen LogP contribution >= 0.6 is 0 Å². The molecule has 4 heterocycles. The van der Waals surface area contributed by atoms with Crippen molar-refractivity contribution in [3.8, 4) is 23.1 Å².